The number of hydrogen-bond acceptors (Lipinski definition) is 1. The Bertz CT molecular complexity index is 462. The van der Waals surface area contributed by atoms with Gasteiger partial charge < -0.3 is 4.74 Å². The molecule has 0 radical (unpaired) electrons. The van der Waals surface area contributed by atoms with Gasteiger partial charge in [0.25, 0.3) is 0 Å². The van der Waals surface area contributed by atoms with Crippen LogP contribution in [0.3, 0.4) is 0 Å². The van der Waals surface area contributed by atoms with Crippen molar-refractivity contribution in [1.29, 1.82) is 0 Å². The van der Waals surface area contributed by atoms with Crippen molar-refractivity contribution >= 4 is 11.6 Å². The van der Waals surface area contributed by atoms with E-state index in [1.807, 2.05) is 12.1 Å². The molecule has 1 aliphatic carbocycles. The number of rotatable bonds is 2. The number of ether oxygens (including phenoxy) is 1. The summed E-state index contributed by atoms with van der Waals surface area (Å²) in [6.07, 6.45) is 8.06. The molecule has 102 valence electrons. The minimum absolute atomic E-state index is 0.375. The van der Waals surface area contributed by atoms with Gasteiger partial charge in [-0.15, -0.1) is 11.6 Å². The lowest BCUT2D eigenvalue weighted by molar-refractivity contribution is 0.183. The predicted molar refractivity (Wildman–Crippen MR) is 80.9 cm³/mol. The summed E-state index contributed by atoms with van der Waals surface area (Å²) in [5.41, 5.74) is 2.19. The van der Waals surface area contributed by atoms with Crippen molar-refractivity contribution in [1.82, 2.24) is 0 Å². The lowest BCUT2D eigenvalue weighted by Crippen LogP contribution is -2.15. The molecule has 1 nitrogen and oxygen atoms in total. The van der Waals surface area contributed by atoms with E-state index in [1.54, 1.807) is 0 Å². The molecular formula is C17H21ClO. The van der Waals surface area contributed by atoms with Gasteiger partial charge in [0.15, 0.2) is 0 Å². The number of aryl methyl sites for hydroxylation is 1. The quantitative estimate of drug-likeness (QED) is 0.433. The Balaban J connectivity index is 2.02. The fraction of sp³-hybridized carbons (Fsp3) is 0.529. The third-order valence-electron chi connectivity index (χ3n) is 3.59. The zero-order valence-electron chi connectivity index (χ0n) is 11.5. The summed E-state index contributed by atoms with van der Waals surface area (Å²) >= 11 is 5.58. The molecule has 2 heteroatoms. The largest absolute Gasteiger partial charge is 0.490 e. The molecule has 0 atom stereocenters. The van der Waals surface area contributed by atoms with Gasteiger partial charge in [-0.1, -0.05) is 24.7 Å². The van der Waals surface area contributed by atoms with Crippen molar-refractivity contribution < 1.29 is 4.74 Å². The molecule has 0 heterocycles. The van der Waals surface area contributed by atoms with Crippen molar-refractivity contribution in [3.63, 3.8) is 0 Å². The Morgan fingerprint density at radius 2 is 1.95 bits per heavy atom. The molecule has 0 bridgehead atoms. The fourth-order valence-corrected chi connectivity index (χ4v) is 2.60. The van der Waals surface area contributed by atoms with Gasteiger partial charge >= 0.3 is 0 Å². The summed E-state index contributed by atoms with van der Waals surface area (Å²) in [6.45, 7) is 2.07. The molecule has 0 unspecified atom stereocenters. The second-order valence-electron chi connectivity index (χ2n) is 5.14. The van der Waals surface area contributed by atoms with Crippen LogP contribution in [-0.2, 0) is 0 Å². The maximum Gasteiger partial charge on any atom is 0.120 e. The fourth-order valence-electron chi connectivity index (χ4n) is 2.53. The first-order valence-corrected chi connectivity index (χ1v) is 7.65. The van der Waals surface area contributed by atoms with E-state index < -0.39 is 0 Å². The topological polar surface area (TPSA) is 9.23 Å². The number of benzene rings is 1. The van der Waals surface area contributed by atoms with Crippen LogP contribution in [0.5, 0.6) is 5.75 Å². The highest BCUT2D eigenvalue weighted by Gasteiger charge is 2.13. The van der Waals surface area contributed by atoms with Gasteiger partial charge in [-0.25, -0.2) is 0 Å². The summed E-state index contributed by atoms with van der Waals surface area (Å²) < 4.78 is 6.10. The average Bonchev–Trinajstić information content (AvgIpc) is 2.66. The van der Waals surface area contributed by atoms with Crippen LogP contribution in [0.15, 0.2) is 18.2 Å². The van der Waals surface area contributed by atoms with E-state index in [0.717, 1.165) is 16.9 Å². The lowest BCUT2D eigenvalue weighted by Gasteiger charge is -2.17. The van der Waals surface area contributed by atoms with Crippen molar-refractivity contribution in [3.05, 3.63) is 29.3 Å². The van der Waals surface area contributed by atoms with Crippen LogP contribution in [-0.4, -0.2) is 12.0 Å². The molecule has 2 rings (SSSR count). The SMILES string of the molecule is Cc1cc(OC2CCCCCC2)ccc1C#CCCl. The molecule has 19 heavy (non-hydrogen) atoms. The standard InChI is InChI=1S/C17H21ClO/c1-14-13-17(11-10-15(14)7-6-12-18)19-16-8-4-2-3-5-9-16/h10-11,13,16H,2-5,8-9,12H2,1H3. The highest BCUT2D eigenvalue weighted by atomic mass is 35.5. The lowest BCUT2D eigenvalue weighted by atomic mass is 10.1. The van der Waals surface area contributed by atoms with E-state index in [4.69, 9.17) is 16.3 Å². The van der Waals surface area contributed by atoms with Crippen LogP contribution in [0.25, 0.3) is 0 Å². The third-order valence-corrected chi connectivity index (χ3v) is 3.73. The summed E-state index contributed by atoms with van der Waals surface area (Å²) in [6, 6.07) is 6.14. The summed E-state index contributed by atoms with van der Waals surface area (Å²) in [4.78, 5) is 0. The van der Waals surface area contributed by atoms with E-state index in [2.05, 4.69) is 24.8 Å². The minimum atomic E-state index is 0.375. The van der Waals surface area contributed by atoms with Gasteiger partial charge in [0.1, 0.15) is 5.75 Å². The highest BCUT2D eigenvalue weighted by Crippen LogP contribution is 2.24. The van der Waals surface area contributed by atoms with Crippen molar-refractivity contribution in [2.24, 2.45) is 0 Å². The van der Waals surface area contributed by atoms with Crippen molar-refractivity contribution in [2.75, 3.05) is 5.88 Å². The Kier molecular flexibility index (Phi) is 5.61. The van der Waals surface area contributed by atoms with Crippen molar-refractivity contribution in [3.8, 4) is 17.6 Å². The van der Waals surface area contributed by atoms with Crippen LogP contribution in [0.4, 0.5) is 0 Å². The molecule has 1 saturated carbocycles. The first-order valence-electron chi connectivity index (χ1n) is 7.12. The molecule has 1 aromatic rings. The average molecular weight is 277 g/mol. The van der Waals surface area contributed by atoms with E-state index in [1.165, 1.54) is 38.5 Å². The van der Waals surface area contributed by atoms with E-state index in [0.29, 0.717) is 12.0 Å². The molecule has 0 saturated heterocycles. The smallest absolute Gasteiger partial charge is 0.120 e. The molecule has 0 aromatic heterocycles. The molecular weight excluding hydrogens is 256 g/mol. The van der Waals surface area contributed by atoms with Crippen LogP contribution >= 0.6 is 11.6 Å². The van der Waals surface area contributed by atoms with Crippen molar-refractivity contribution in [2.45, 2.75) is 51.6 Å². The summed E-state index contributed by atoms with van der Waals surface area (Å²) in [5.74, 6) is 7.30. The number of alkyl halides is 1. The second kappa shape index (κ2) is 7.46. The zero-order valence-corrected chi connectivity index (χ0v) is 12.3. The minimum Gasteiger partial charge on any atom is -0.490 e. The summed E-state index contributed by atoms with van der Waals surface area (Å²) in [7, 11) is 0. The second-order valence-corrected chi connectivity index (χ2v) is 5.41. The van der Waals surface area contributed by atoms with Crippen LogP contribution in [0.1, 0.15) is 49.7 Å². The van der Waals surface area contributed by atoms with Crippen LogP contribution < -0.4 is 4.74 Å². The van der Waals surface area contributed by atoms with E-state index in [-0.39, 0.29) is 0 Å². The Labute approximate surface area is 121 Å². The zero-order chi connectivity index (χ0) is 13.5. The van der Waals surface area contributed by atoms with Gasteiger partial charge in [0.05, 0.1) is 12.0 Å². The number of halogens is 1. The third kappa shape index (κ3) is 4.48. The molecule has 1 aliphatic rings. The first-order chi connectivity index (χ1) is 9.29. The number of hydrogen-bond donors (Lipinski definition) is 0. The Morgan fingerprint density at radius 1 is 1.21 bits per heavy atom. The molecule has 0 N–H and O–H groups in total. The maximum absolute atomic E-state index is 6.10. The highest BCUT2D eigenvalue weighted by molar-refractivity contribution is 6.19. The molecule has 1 aromatic carbocycles. The van der Waals surface area contributed by atoms with Gasteiger partial charge in [0.2, 0.25) is 0 Å². The van der Waals surface area contributed by atoms with E-state index in [9.17, 15) is 0 Å². The summed E-state index contributed by atoms with van der Waals surface area (Å²) in [5, 5.41) is 0. The molecule has 0 spiro atoms. The normalized spacial score (nSPS) is 16.3. The van der Waals surface area contributed by atoms with Crippen LogP contribution in [0, 0.1) is 18.8 Å². The van der Waals surface area contributed by atoms with Gasteiger partial charge in [-0.2, -0.15) is 0 Å². The van der Waals surface area contributed by atoms with Gasteiger partial charge in [-0.3, -0.25) is 0 Å². The van der Waals surface area contributed by atoms with E-state index >= 15 is 0 Å². The Hall–Kier alpha value is -1.13. The Morgan fingerprint density at radius 3 is 2.58 bits per heavy atom. The molecule has 1 fully saturated rings. The monoisotopic (exact) mass is 276 g/mol. The molecule has 0 amide bonds. The first kappa shape index (κ1) is 14.3. The van der Waals surface area contributed by atoms with Gasteiger partial charge in [0, 0.05) is 5.56 Å². The van der Waals surface area contributed by atoms with Gasteiger partial charge in [-0.05, 0) is 56.4 Å². The predicted octanol–water partition coefficient (Wildman–Crippen LogP) is 4.69. The molecule has 0 aliphatic heterocycles. The maximum atomic E-state index is 6.10. The van der Waals surface area contributed by atoms with Crippen LogP contribution in [0.2, 0.25) is 0 Å².